The maximum absolute atomic E-state index is 13.0. The number of carboxylic acid groups (broad SMARTS) is 1. The number of fused-ring (bicyclic) bond motifs is 1. The van der Waals surface area contributed by atoms with Crippen molar-refractivity contribution in [2.24, 2.45) is 0 Å². The molecule has 27 heavy (non-hydrogen) atoms. The monoisotopic (exact) mass is 388 g/mol. The fraction of sp³-hybridized carbons (Fsp3) is 0.350. The second kappa shape index (κ2) is 7.80. The van der Waals surface area contributed by atoms with Crippen LogP contribution in [0.5, 0.6) is 0 Å². The maximum atomic E-state index is 13.0. The largest absolute Gasteiger partial charge is 0.478 e. The molecule has 144 valence electrons. The fourth-order valence-corrected chi connectivity index (χ4v) is 4.94. The van der Waals surface area contributed by atoms with Crippen molar-refractivity contribution < 1.29 is 18.3 Å². The molecule has 2 aromatic rings. The molecule has 0 radical (unpaired) electrons. The van der Waals surface area contributed by atoms with Crippen LogP contribution in [0.4, 0.5) is 0 Å². The Balaban J connectivity index is 1.90. The molecule has 1 unspecified atom stereocenters. The summed E-state index contributed by atoms with van der Waals surface area (Å²) in [4.78, 5) is 13.5. The van der Waals surface area contributed by atoms with Crippen LogP contribution in [-0.2, 0) is 22.9 Å². The first kappa shape index (κ1) is 19.5. The number of benzene rings is 2. The average Bonchev–Trinajstić information content (AvgIpc) is 3.10. The van der Waals surface area contributed by atoms with Crippen molar-refractivity contribution in [1.29, 1.82) is 0 Å². The van der Waals surface area contributed by atoms with E-state index in [4.69, 9.17) is 0 Å². The predicted octanol–water partition coefficient (Wildman–Crippen LogP) is 2.45. The number of aromatic carboxylic acids is 1. The van der Waals surface area contributed by atoms with Gasteiger partial charge in [-0.3, -0.25) is 0 Å². The summed E-state index contributed by atoms with van der Waals surface area (Å²) < 4.78 is 28.7. The van der Waals surface area contributed by atoms with E-state index in [2.05, 4.69) is 4.72 Å². The van der Waals surface area contributed by atoms with Gasteiger partial charge in [-0.25, -0.2) is 17.9 Å². The van der Waals surface area contributed by atoms with Gasteiger partial charge in [0.2, 0.25) is 10.0 Å². The normalized spacial score (nSPS) is 14.9. The number of carboxylic acids is 1. The van der Waals surface area contributed by atoms with Crippen LogP contribution >= 0.6 is 0 Å². The van der Waals surface area contributed by atoms with Gasteiger partial charge < -0.3 is 10.0 Å². The number of rotatable bonds is 7. The van der Waals surface area contributed by atoms with E-state index in [1.807, 2.05) is 49.3 Å². The molecule has 1 aliphatic rings. The van der Waals surface area contributed by atoms with Crippen LogP contribution < -0.4 is 4.72 Å². The molecule has 2 aromatic carbocycles. The third kappa shape index (κ3) is 4.21. The Morgan fingerprint density at radius 3 is 2.52 bits per heavy atom. The fourth-order valence-electron chi connectivity index (χ4n) is 3.57. The summed E-state index contributed by atoms with van der Waals surface area (Å²) in [6, 6.07) is 12.4. The molecule has 6 nitrogen and oxygen atoms in total. The quantitative estimate of drug-likeness (QED) is 0.761. The van der Waals surface area contributed by atoms with Crippen molar-refractivity contribution in [1.82, 2.24) is 9.62 Å². The van der Waals surface area contributed by atoms with Crippen molar-refractivity contribution in [2.45, 2.75) is 30.2 Å². The lowest BCUT2D eigenvalue weighted by atomic mass is 10.1. The Labute approximate surface area is 159 Å². The molecule has 1 aliphatic carbocycles. The van der Waals surface area contributed by atoms with Gasteiger partial charge in [0.1, 0.15) is 0 Å². The zero-order chi connectivity index (χ0) is 19.6. The summed E-state index contributed by atoms with van der Waals surface area (Å²) in [5, 5.41) is 9.32. The van der Waals surface area contributed by atoms with E-state index in [1.54, 1.807) is 6.07 Å². The number of nitrogens with zero attached hydrogens (tertiary/aromatic N) is 1. The van der Waals surface area contributed by atoms with E-state index in [9.17, 15) is 18.3 Å². The summed E-state index contributed by atoms with van der Waals surface area (Å²) in [6.45, 7) is 0.200. The van der Waals surface area contributed by atoms with Crippen molar-refractivity contribution >= 4 is 16.0 Å². The second-order valence-corrected chi connectivity index (χ2v) is 8.75. The summed E-state index contributed by atoms with van der Waals surface area (Å²) in [5.74, 6) is -1.11. The van der Waals surface area contributed by atoms with Crippen molar-refractivity contribution in [3.63, 3.8) is 0 Å². The zero-order valence-corrected chi connectivity index (χ0v) is 16.3. The third-order valence-corrected chi connectivity index (χ3v) is 6.48. The molecule has 3 rings (SSSR count). The van der Waals surface area contributed by atoms with Gasteiger partial charge in [0.25, 0.3) is 0 Å². The molecule has 1 atom stereocenters. The summed E-state index contributed by atoms with van der Waals surface area (Å²) >= 11 is 0. The number of sulfonamides is 1. The number of aryl methyl sites for hydroxylation is 1. The van der Waals surface area contributed by atoms with Gasteiger partial charge in [0, 0.05) is 12.6 Å². The van der Waals surface area contributed by atoms with Gasteiger partial charge >= 0.3 is 5.97 Å². The van der Waals surface area contributed by atoms with E-state index < -0.39 is 16.0 Å². The molecule has 0 heterocycles. The average molecular weight is 388 g/mol. The predicted molar refractivity (Wildman–Crippen MR) is 103 cm³/mol. The van der Waals surface area contributed by atoms with Gasteiger partial charge in [0.05, 0.1) is 10.5 Å². The minimum Gasteiger partial charge on any atom is -0.478 e. The Morgan fingerprint density at radius 1 is 1.19 bits per heavy atom. The van der Waals surface area contributed by atoms with E-state index >= 15 is 0 Å². The van der Waals surface area contributed by atoms with Crippen LogP contribution in [0.2, 0.25) is 0 Å². The van der Waals surface area contributed by atoms with E-state index in [1.165, 1.54) is 6.07 Å². The Bertz CT molecular complexity index is 940. The van der Waals surface area contributed by atoms with Crippen LogP contribution in [0, 0.1) is 0 Å². The van der Waals surface area contributed by atoms with Gasteiger partial charge in [-0.05, 0) is 62.2 Å². The molecular weight excluding hydrogens is 364 g/mol. The Kier molecular flexibility index (Phi) is 5.64. The SMILES string of the molecule is CN(C)C(CNS(=O)(=O)c1cc(C(=O)O)cc2c1CCC2)c1ccccc1. The highest BCUT2D eigenvalue weighted by Gasteiger charge is 2.27. The highest BCUT2D eigenvalue weighted by molar-refractivity contribution is 7.89. The number of likely N-dealkylation sites (N-methyl/N-ethyl adjacent to an activating group) is 1. The molecule has 0 aromatic heterocycles. The number of carbonyl (C=O) groups is 1. The summed E-state index contributed by atoms with van der Waals surface area (Å²) in [6.07, 6.45) is 2.20. The molecule has 0 spiro atoms. The first-order valence-corrected chi connectivity index (χ1v) is 10.4. The van der Waals surface area contributed by atoms with Gasteiger partial charge in [-0.15, -0.1) is 0 Å². The zero-order valence-electron chi connectivity index (χ0n) is 15.5. The molecule has 0 aliphatic heterocycles. The van der Waals surface area contributed by atoms with Gasteiger partial charge in [0.15, 0.2) is 0 Å². The molecule has 0 amide bonds. The van der Waals surface area contributed by atoms with Gasteiger partial charge in [-0.2, -0.15) is 0 Å². The second-order valence-electron chi connectivity index (χ2n) is 7.01. The minimum atomic E-state index is -3.82. The van der Waals surface area contributed by atoms with Crippen LogP contribution in [0.1, 0.15) is 39.5 Å². The van der Waals surface area contributed by atoms with E-state index in [0.29, 0.717) is 12.8 Å². The van der Waals surface area contributed by atoms with Crippen molar-refractivity contribution in [2.75, 3.05) is 20.6 Å². The van der Waals surface area contributed by atoms with E-state index in [0.717, 1.165) is 23.1 Å². The van der Waals surface area contributed by atoms with Crippen molar-refractivity contribution in [3.8, 4) is 0 Å². The Morgan fingerprint density at radius 2 is 1.89 bits per heavy atom. The molecule has 0 saturated carbocycles. The molecule has 2 N–H and O–H groups in total. The minimum absolute atomic E-state index is 0.0169. The van der Waals surface area contributed by atoms with Gasteiger partial charge in [-0.1, -0.05) is 30.3 Å². The lowest BCUT2D eigenvalue weighted by molar-refractivity contribution is 0.0696. The standard InChI is InChI=1S/C20H24N2O4S/c1-22(2)18(14-7-4-3-5-8-14)13-21-27(25,26)19-12-16(20(23)24)11-15-9-6-10-17(15)19/h3-5,7-8,11-12,18,21H,6,9-10,13H2,1-2H3,(H,23,24). The highest BCUT2D eigenvalue weighted by Crippen LogP contribution is 2.30. The highest BCUT2D eigenvalue weighted by atomic mass is 32.2. The summed E-state index contributed by atoms with van der Waals surface area (Å²) in [7, 11) is -0.0231. The molecular formula is C20H24N2O4S. The Hall–Kier alpha value is -2.22. The van der Waals surface area contributed by atoms with Crippen LogP contribution in [0.15, 0.2) is 47.4 Å². The van der Waals surface area contributed by atoms with Crippen LogP contribution in [0.25, 0.3) is 0 Å². The third-order valence-electron chi connectivity index (χ3n) is 4.99. The first-order valence-electron chi connectivity index (χ1n) is 8.89. The molecule has 0 fully saturated rings. The molecule has 0 saturated heterocycles. The summed E-state index contributed by atoms with van der Waals surface area (Å²) in [5.41, 5.74) is 2.59. The maximum Gasteiger partial charge on any atom is 0.335 e. The van der Waals surface area contributed by atoms with Crippen molar-refractivity contribution in [3.05, 3.63) is 64.7 Å². The smallest absolute Gasteiger partial charge is 0.335 e. The topological polar surface area (TPSA) is 86.7 Å². The lowest BCUT2D eigenvalue weighted by Gasteiger charge is -2.25. The lowest BCUT2D eigenvalue weighted by Crippen LogP contribution is -2.35. The molecule has 7 heteroatoms. The number of hydrogen-bond donors (Lipinski definition) is 2. The number of hydrogen-bond acceptors (Lipinski definition) is 4. The molecule has 0 bridgehead atoms. The van der Waals surface area contributed by atoms with E-state index in [-0.39, 0.29) is 23.0 Å². The first-order chi connectivity index (χ1) is 12.8. The van der Waals surface area contributed by atoms with Crippen LogP contribution in [0.3, 0.4) is 0 Å². The number of nitrogens with one attached hydrogen (secondary N) is 1. The van der Waals surface area contributed by atoms with Crippen LogP contribution in [-0.4, -0.2) is 45.0 Å².